The number of carbonyl (C=O) groups excluding carboxylic acids is 2. The largest absolute Gasteiger partial charge is 0.383 e. The first-order valence-electron chi connectivity index (χ1n) is 10.4. The highest BCUT2D eigenvalue weighted by molar-refractivity contribution is 7.93. The van der Waals surface area contributed by atoms with Gasteiger partial charge in [-0.05, 0) is 36.4 Å². The molecule has 2 amide bonds. The lowest BCUT2D eigenvalue weighted by Crippen LogP contribution is -2.40. The van der Waals surface area contributed by atoms with Crippen molar-refractivity contribution in [2.45, 2.75) is 4.90 Å². The van der Waals surface area contributed by atoms with Crippen LogP contribution in [0, 0.1) is 0 Å². The molecule has 0 fully saturated rings. The third-order valence-electron chi connectivity index (χ3n) is 5.30. The Hall–Kier alpha value is -3.40. The van der Waals surface area contributed by atoms with Gasteiger partial charge in [0.05, 0.1) is 28.4 Å². The van der Waals surface area contributed by atoms with Crippen LogP contribution in [0.3, 0.4) is 0 Å². The van der Waals surface area contributed by atoms with Crippen molar-refractivity contribution in [3.63, 3.8) is 0 Å². The van der Waals surface area contributed by atoms with Crippen LogP contribution >= 0.6 is 11.6 Å². The van der Waals surface area contributed by atoms with Crippen LogP contribution in [0.5, 0.6) is 0 Å². The van der Waals surface area contributed by atoms with E-state index in [1.165, 1.54) is 13.2 Å². The van der Waals surface area contributed by atoms with Gasteiger partial charge in [-0.3, -0.25) is 13.9 Å². The molecule has 10 heteroatoms. The Bertz CT molecular complexity index is 1360. The maximum atomic E-state index is 13.4. The molecule has 176 valence electrons. The molecular formula is C24H22ClN3O5S. The van der Waals surface area contributed by atoms with Crippen molar-refractivity contribution >= 4 is 44.8 Å². The second-order valence-corrected chi connectivity index (χ2v) is 9.78. The van der Waals surface area contributed by atoms with Crippen molar-refractivity contribution in [3.05, 3.63) is 77.3 Å². The fourth-order valence-corrected chi connectivity index (χ4v) is 5.57. The van der Waals surface area contributed by atoms with Gasteiger partial charge in [0.2, 0.25) is 5.91 Å². The van der Waals surface area contributed by atoms with Gasteiger partial charge in [0.1, 0.15) is 6.54 Å². The molecule has 0 spiro atoms. The summed E-state index contributed by atoms with van der Waals surface area (Å²) in [6, 6.07) is 17.9. The topological polar surface area (TPSA) is 105 Å². The molecule has 1 heterocycles. The van der Waals surface area contributed by atoms with Crippen LogP contribution in [0.1, 0.15) is 10.4 Å². The van der Waals surface area contributed by atoms with Crippen molar-refractivity contribution in [2.75, 3.05) is 36.4 Å². The number of rotatable bonds is 7. The van der Waals surface area contributed by atoms with Gasteiger partial charge in [-0.25, -0.2) is 8.42 Å². The van der Waals surface area contributed by atoms with Gasteiger partial charge in [-0.15, -0.1) is 0 Å². The predicted molar refractivity (Wildman–Crippen MR) is 131 cm³/mol. The average molecular weight is 500 g/mol. The first-order chi connectivity index (χ1) is 16.3. The summed E-state index contributed by atoms with van der Waals surface area (Å²) >= 11 is 6.17. The number of carbonyl (C=O) groups is 2. The molecule has 4 rings (SSSR count). The standard InChI is InChI=1S/C24H22ClN3O5S/c1-33-13-12-26-24(30)18-7-2-4-8-20(18)27-23(29)15-28-21-11-10-16(25)14-19(21)17-6-3-5-9-22(17)34(28,31)32/h2-11,14H,12-13,15H2,1H3,(H,26,30)(H,27,29). The highest BCUT2D eigenvalue weighted by Crippen LogP contribution is 2.43. The number of para-hydroxylation sites is 1. The van der Waals surface area contributed by atoms with Crippen LogP contribution in [0.2, 0.25) is 5.02 Å². The molecule has 1 aliphatic heterocycles. The maximum absolute atomic E-state index is 13.4. The zero-order valence-corrected chi connectivity index (χ0v) is 19.8. The van der Waals surface area contributed by atoms with E-state index in [1.807, 2.05) is 0 Å². The van der Waals surface area contributed by atoms with Crippen molar-refractivity contribution in [1.29, 1.82) is 0 Å². The molecule has 3 aromatic carbocycles. The predicted octanol–water partition coefficient (Wildman–Crippen LogP) is 3.53. The molecule has 0 atom stereocenters. The molecule has 0 aromatic heterocycles. The smallest absolute Gasteiger partial charge is 0.265 e. The van der Waals surface area contributed by atoms with Gasteiger partial charge in [-0.1, -0.05) is 41.9 Å². The van der Waals surface area contributed by atoms with Gasteiger partial charge in [-0.2, -0.15) is 0 Å². The first-order valence-corrected chi connectivity index (χ1v) is 12.2. The molecule has 34 heavy (non-hydrogen) atoms. The summed E-state index contributed by atoms with van der Waals surface area (Å²) in [6.07, 6.45) is 0. The van der Waals surface area contributed by atoms with E-state index in [2.05, 4.69) is 10.6 Å². The minimum Gasteiger partial charge on any atom is -0.383 e. The molecule has 0 bridgehead atoms. The Labute approximate surface area is 202 Å². The minimum atomic E-state index is -4.00. The van der Waals surface area contributed by atoms with E-state index in [-0.39, 0.29) is 22.1 Å². The summed E-state index contributed by atoms with van der Waals surface area (Å²) in [5, 5.41) is 5.82. The summed E-state index contributed by atoms with van der Waals surface area (Å²) in [5.74, 6) is -0.978. The Morgan fingerprint density at radius 2 is 1.74 bits per heavy atom. The molecule has 0 unspecified atom stereocenters. The van der Waals surface area contributed by atoms with Gasteiger partial charge >= 0.3 is 0 Å². The molecular weight excluding hydrogens is 478 g/mol. The maximum Gasteiger partial charge on any atom is 0.265 e. The Balaban J connectivity index is 1.62. The van der Waals surface area contributed by atoms with E-state index < -0.39 is 22.5 Å². The van der Waals surface area contributed by atoms with Gasteiger partial charge in [0.25, 0.3) is 15.9 Å². The third kappa shape index (κ3) is 4.63. The van der Waals surface area contributed by atoms with Crippen LogP contribution in [-0.2, 0) is 19.6 Å². The Kier molecular flexibility index (Phi) is 6.87. The third-order valence-corrected chi connectivity index (χ3v) is 7.35. The number of benzene rings is 3. The molecule has 0 saturated carbocycles. The lowest BCUT2D eigenvalue weighted by atomic mass is 10.0. The minimum absolute atomic E-state index is 0.0930. The van der Waals surface area contributed by atoms with Crippen LogP contribution in [-0.4, -0.2) is 47.0 Å². The summed E-state index contributed by atoms with van der Waals surface area (Å²) in [7, 11) is -2.47. The molecule has 1 aliphatic rings. The first kappa shape index (κ1) is 23.7. The van der Waals surface area contributed by atoms with Crippen molar-refractivity contribution in [2.24, 2.45) is 0 Å². The molecule has 3 aromatic rings. The number of anilines is 2. The number of nitrogens with one attached hydrogen (secondary N) is 2. The van der Waals surface area contributed by atoms with Gasteiger partial charge < -0.3 is 15.4 Å². The van der Waals surface area contributed by atoms with E-state index in [1.54, 1.807) is 60.7 Å². The van der Waals surface area contributed by atoms with Crippen LogP contribution in [0.4, 0.5) is 11.4 Å². The SMILES string of the molecule is COCCNC(=O)c1ccccc1NC(=O)CN1c2ccc(Cl)cc2-c2ccccc2S1(=O)=O. The van der Waals surface area contributed by atoms with E-state index in [4.69, 9.17) is 16.3 Å². The van der Waals surface area contributed by atoms with Gasteiger partial charge in [0.15, 0.2) is 0 Å². The monoisotopic (exact) mass is 499 g/mol. The van der Waals surface area contributed by atoms with Crippen molar-refractivity contribution < 1.29 is 22.7 Å². The lowest BCUT2D eigenvalue weighted by Gasteiger charge is -2.31. The molecule has 2 N–H and O–H groups in total. The number of amides is 2. The second-order valence-electron chi connectivity index (χ2n) is 7.51. The average Bonchev–Trinajstić information content (AvgIpc) is 2.82. The lowest BCUT2D eigenvalue weighted by molar-refractivity contribution is -0.114. The van der Waals surface area contributed by atoms with Crippen LogP contribution in [0.15, 0.2) is 71.6 Å². The van der Waals surface area contributed by atoms with E-state index >= 15 is 0 Å². The number of sulfonamides is 1. The fourth-order valence-electron chi connectivity index (χ4n) is 3.75. The van der Waals surface area contributed by atoms with Crippen LogP contribution < -0.4 is 14.9 Å². The summed E-state index contributed by atoms with van der Waals surface area (Å²) in [5.41, 5.74) is 2.02. The fraction of sp³-hybridized carbons (Fsp3) is 0.167. The highest BCUT2D eigenvalue weighted by atomic mass is 35.5. The number of methoxy groups -OCH3 is 1. The van der Waals surface area contributed by atoms with Crippen LogP contribution in [0.25, 0.3) is 11.1 Å². The summed E-state index contributed by atoms with van der Waals surface area (Å²) in [4.78, 5) is 25.6. The zero-order valence-electron chi connectivity index (χ0n) is 18.2. The van der Waals surface area contributed by atoms with Crippen molar-refractivity contribution in [1.82, 2.24) is 5.32 Å². The number of hydrogen-bond acceptors (Lipinski definition) is 5. The van der Waals surface area contributed by atoms with Gasteiger partial charge in [0, 0.05) is 29.8 Å². The summed E-state index contributed by atoms with van der Waals surface area (Å²) < 4.78 is 32.8. The Morgan fingerprint density at radius 1 is 1.00 bits per heavy atom. The Morgan fingerprint density at radius 3 is 2.53 bits per heavy atom. The molecule has 0 aliphatic carbocycles. The molecule has 0 saturated heterocycles. The highest BCUT2D eigenvalue weighted by Gasteiger charge is 2.36. The quantitative estimate of drug-likeness (QED) is 0.484. The molecule has 8 nitrogen and oxygen atoms in total. The number of halogens is 1. The van der Waals surface area contributed by atoms with Crippen molar-refractivity contribution in [3.8, 4) is 11.1 Å². The number of fused-ring (bicyclic) bond motifs is 3. The van der Waals surface area contributed by atoms with E-state index in [0.29, 0.717) is 35.0 Å². The van der Waals surface area contributed by atoms with E-state index in [9.17, 15) is 18.0 Å². The number of hydrogen-bond donors (Lipinski definition) is 2. The number of nitrogens with zero attached hydrogens (tertiary/aromatic N) is 1. The normalized spacial score (nSPS) is 13.5. The summed E-state index contributed by atoms with van der Waals surface area (Å²) in [6.45, 7) is 0.172. The number of ether oxygens (including phenoxy) is 1. The second kappa shape index (κ2) is 9.84. The molecule has 0 radical (unpaired) electrons. The van der Waals surface area contributed by atoms with E-state index in [0.717, 1.165) is 4.31 Å². The zero-order chi connectivity index (χ0) is 24.3.